The van der Waals surface area contributed by atoms with E-state index in [1.807, 2.05) is 44.2 Å². The number of aryl methyl sites for hydroxylation is 2. The Morgan fingerprint density at radius 2 is 1.89 bits per heavy atom. The maximum atomic E-state index is 4.25. The molecule has 2 rings (SSSR count). The molecule has 0 fully saturated rings. The maximum Gasteiger partial charge on any atom is 0.243 e. The highest BCUT2D eigenvalue weighted by Crippen LogP contribution is 2.06. The second-order valence-electron chi connectivity index (χ2n) is 3.90. The third-order valence-electron chi connectivity index (χ3n) is 2.21. The first-order valence-corrected chi connectivity index (χ1v) is 6.58. The van der Waals surface area contributed by atoms with E-state index in [9.17, 15) is 0 Å². The third kappa shape index (κ3) is 3.76. The lowest BCUT2D eigenvalue weighted by Gasteiger charge is -2.01. The van der Waals surface area contributed by atoms with Crippen molar-refractivity contribution in [3.05, 3.63) is 50.9 Å². The fourth-order valence-electron chi connectivity index (χ4n) is 1.53. The van der Waals surface area contributed by atoms with Gasteiger partial charge in [-0.3, -0.25) is 0 Å². The zero-order valence-corrected chi connectivity index (χ0v) is 12.3. The van der Waals surface area contributed by atoms with Crippen molar-refractivity contribution in [2.24, 2.45) is 5.10 Å². The summed E-state index contributed by atoms with van der Waals surface area (Å²) < 4.78 is 1.18. The molecule has 92 valence electrons. The van der Waals surface area contributed by atoms with Crippen molar-refractivity contribution in [2.75, 3.05) is 5.43 Å². The Bertz CT molecular complexity index is 561. The molecule has 0 saturated heterocycles. The Kier molecular flexibility index (Phi) is 4.24. The van der Waals surface area contributed by atoms with Crippen LogP contribution >= 0.6 is 22.6 Å². The second-order valence-corrected chi connectivity index (χ2v) is 5.14. The summed E-state index contributed by atoms with van der Waals surface area (Å²) in [6, 6.07) is 10.0. The van der Waals surface area contributed by atoms with Crippen molar-refractivity contribution >= 4 is 34.8 Å². The minimum absolute atomic E-state index is 0.523. The summed E-state index contributed by atoms with van der Waals surface area (Å²) in [6.07, 6.45) is 1.75. The minimum atomic E-state index is 0.523. The third-order valence-corrected chi connectivity index (χ3v) is 2.88. The van der Waals surface area contributed by atoms with E-state index in [4.69, 9.17) is 0 Å². The van der Waals surface area contributed by atoms with Crippen LogP contribution in [0, 0.1) is 17.4 Å². The molecule has 0 unspecified atom stereocenters. The highest BCUT2D eigenvalue weighted by molar-refractivity contribution is 14.1. The van der Waals surface area contributed by atoms with Crippen LogP contribution in [-0.4, -0.2) is 16.2 Å². The molecule has 0 atom stereocenters. The zero-order valence-electron chi connectivity index (χ0n) is 10.2. The number of hydrogen-bond donors (Lipinski definition) is 1. The first kappa shape index (κ1) is 12.9. The van der Waals surface area contributed by atoms with E-state index < -0.39 is 0 Å². The van der Waals surface area contributed by atoms with E-state index in [2.05, 4.69) is 43.1 Å². The average Bonchev–Trinajstić information content (AvgIpc) is 2.27. The number of benzene rings is 1. The van der Waals surface area contributed by atoms with Crippen LogP contribution in [0.1, 0.15) is 17.0 Å². The Labute approximate surface area is 120 Å². The molecule has 0 bridgehead atoms. The topological polar surface area (TPSA) is 50.2 Å². The summed E-state index contributed by atoms with van der Waals surface area (Å²) in [6.45, 7) is 3.87. The molecule has 2 aromatic rings. The number of hydrogen-bond acceptors (Lipinski definition) is 4. The number of anilines is 1. The molecular weight excluding hydrogens is 339 g/mol. The molecule has 1 aromatic carbocycles. The highest BCUT2D eigenvalue weighted by atomic mass is 127. The van der Waals surface area contributed by atoms with Gasteiger partial charge in [0.15, 0.2) is 0 Å². The monoisotopic (exact) mass is 352 g/mol. The highest BCUT2D eigenvalue weighted by Gasteiger charge is 1.96. The fourth-order valence-corrected chi connectivity index (χ4v) is 2.09. The van der Waals surface area contributed by atoms with E-state index in [1.54, 1.807) is 6.21 Å². The van der Waals surface area contributed by atoms with Gasteiger partial charge in [0, 0.05) is 15.0 Å². The van der Waals surface area contributed by atoms with Gasteiger partial charge in [0.1, 0.15) is 0 Å². The summed E-state index contributed by atoms with van der Waals surface area (Å²) >= 11 is 2.27. The van der Waals surface area contributed by atoms with Gasteiger partial charge in [-0.2, -0.15) is 5.10 Å². The lowest BCUT2D eigenvalue weighted by atomic mass is 10.2. The molecule has 0 aliphatic heterocycles. The van der Waals surface area contributed by atoms with Gasteiger partial charge in [0.25, 0.3) is 0 Å². The molecule has 1 aromatic heterocycles. The minimum Gasteiger partial charge on any atom is -0.245 e. The van der Waals surface area contributed by atoms with Crippen molar-refractivity contribution in [2.45, 2.75) is 13.8 Å². The zero-order chi connectivity index (χ0) is 13.0. The van der Waals surface area contributed by atoms with E-state index in [1.165, 1.54) is 3.57 Å². The molecule has 4 nitrogen and oxygen atoms in total. The lowest BCUT2D eigenvalue weighted by Crippen LogP contribution is -1.99. The van der Waals surface area contributed by atoms with Crippen molar-refractivity contribution in [1.29, 1.82) is 0 Å². The number of halogens is 1. The van der Waals surface area contributed by atoms with Gasteiger partial charge >= 0.3 is 0 Å². The number of rotatable bonds is 3. The van der Waals surface area contributed by atoms with Gasteiger partial charge in [-0.1, -0.05) is 12.1 Å². The van der Waals surface area contributed by atoms with Crippen LogP contribution in [0.15, 0.2) is 35.4 Å². The van der Waals surface area contributed by atoms with E-state index in [0.717, 1.165) is 17.0 Å². The van der Waals surface area contributed by atoms with Gasteiger partial charge in [0.2, 0.25) is 5.95 Å². The summed E-state index contributed by atoms with van der Waals surface area (Å²) in [5, 5.41) is 4.13. The average molecular weight is 352 g/mol. The summed E-state index contributed by atoms with van der Waals surface area (Å²) in [4.78, 5) is 8.49. The van der Waals surface area contributed by atoms with Crippen LogP contribution in [0.2, 0.25) is 0 Å². The van der Waals surface area contributed by atoms with Gasteiger partial charge in [-0.15, -0.1) is 0 Å². The molecule has 5 heteroatoms. The maximum absolute atomic E-state index is 4.25. The Morgan fingerprint density at radius 3 is 2.56 bits per heavy atom. The van der Waals surface area contributed by atoms with Crippen LogP contribution in [0.3, 0.4) is 0 Å². The summed E-state index contributed by atoms with van der Waals surface area (Å²) in [5.41, 5.74) is 5.73. The lowest BCUT2D eigenvalue weighted by molar-refractivity contribution is 1.04. The van der Waals surface area contributed by atoms with Crippen LogP contribution in [0.5, 0.6) is 0 Å². The second kappa shape index (κ2) is 5.90. The standard InChI is InChI=1S/C13H13IN4/c1-9-6-10(2)17-13(16-9)18-15-8-11-4-3-5-12(14)7-11/h3-8H,1-2H3,(H,16,17,18). The normalized spacial score (nSPS) is 10.8. The Hall–Kier alpha value is -1.50. The molecule has 0 amide bonds. The van der Waals surface area contributed by atoms with Crippen molar-refractivity contribution in [3.8, 4) is 0 Å². The smallest absolute Gasteiger partial charge is 0.243 e. The van der Waals surface area contributed by atoms with Gasteiger partial charge in [-0.05, 0) is 60.2 Å². The molecule has 0 aliphatic carbocycles. The van der Waals surface area contributed by atoms with E-state index >= 15 is 0 Å². The van der Waals surface area contributed by atoms with Crippen LogP contribution in [0.4, 0.5) is 5.95 Å². The quantitative estimate of drug-likeness (QED) is 0.525. The summed E-state index contributed by atoms with van der Waals surface area (Å²) in [5.74, 6) is 0.523. The molecule has 1 N–H and O–H groups in total. The first-order valence-electron chi connectivity index (χ1n) is 5.50. The molecule has 1 heterocycles. The van der Waals surface area contributed by atoms with Crippen molar-refractivity contribution in [1.82, 2.24) is 9.97 Å². The van der Waals surface area contributed by atoms with Crippen molar-refractivity contribution < 1.29 is 0 Å². The Balaban J connectivity index is 2.07. The number of nitrogens with one attached hydrogen (secondary N) is 1. The molecule has 0 radical (unpaired) electrons. The van der Waals surface area contributed by atoms with Gasteiger partial charge < -0.3 is 0 Å². The predicted octanol–water partition coefficient (Wildman–Crippen LogP) is 3.14. The van der Waals surface area contributed by atoms with Crippen LogP contribution in [0.25, 0.3) is 0 Å². The molecule has 0 saturated carbocycles. The molecule has 0 aliphatic rings. The van der Waals surface area contributed by atoms with Crippen LogP contribution < -0.4 is 5.43 Å². The van der Waals surface area contributed by atoms with E-state index in [-0.39, 0.29) is 0 Å². The molecule has 0 spiro atoms. The van der Waals surface area contributed by atoms with Gasteiger partial charge in [-0.25, -0.2) is 15.4 Å². The largest absolute Gasteiger partial charge is 0.245 e. The summed E-state index contributed by atoms with van der Waals surface area (Å²) in [7, 11) is 0. The number of nitrogens with zero attached hydrogens (tertiary/aromatic N) is 3. The number of aromatic nitrogens is 2. The number of hydrazone groups is 1. The van der Waals surface area contributed by atoms with E-state index in [0.29, 0.717) is 5.95 Å². The molecule has 18 heavy (non-hydrogen) atoms. The van der Waals surface area contributed by atoms with Crippen molar-refractivity contribution in [3.63, 3.8) is 0 Å². The first-order chi connectivity index (χ1) is 8.63. The Morgan fingerprint density at radius 1 is 1.17 bits per heavy atom. The van der Waals surface area contributed by atoms with Gasteiger partial charge in [0.05, 0.1) is 6.21 Å². The molecular formula is C13H13IN4. The predicted molar refractivity (Wildman–Crippen MR) is 81.9 cm³/mol. The SMILES string of the molecule is Cc1cc(C)nc(NN=Cc2cccc(I)c2)n1. The fraction of sp³-hybridized carbons (Fsp3) is 0.154. The van der Waals surface area contributed by atoms with Crippen LogP contribution in [-0.2, 0) is 0 Å².